The van der Waals surface area contributed by atoms with Crippen molar-refractivity contribution in [1.29, 1.82) is 0 Å². The van der Waals surface area contributed by atoms with Crippen molar-refractivity contribution in [3.05, 3.63) is 29.8 Å². The molecule has 0 aliphatic rings. The average Bonchev–Trinajstić information content (AvgIpc) is 2.42. The van der Waals surface area contributed by atoms with Gasteiger partial charge in [-0.1, -0.05) is 57.6 Å². The zero-order valence-corrected chi connectivity index (χ0v) is 11.7. The van der Waals surface area contributed by atoms with Crippen LogP contribution in [0.3, 0.4) is 0 Å². The van der Waals surface area contributed by atoms with Gasteiger partial charge in [-0.15, -0.1) is 0 Å². The van der Waals surface area contributed by atoms with Crippen LogP contribution >= 0.6 is 0 Å². The summed E-state index contributed by atoms with van der Waals surface area (Å²) in [6.07, 6.45) is 8.05. The molecule has 18 heavy (non-hydrogen) atoms. The lowest BCUT2D eigenvalue weighted by atomic mass is 10.0. The molecule has 2 nitrogen and oxygen atoms in total. The van der Waals surface area contributed by atoms with Crippen LogP contribution in [0, 0.1) is 0 Å². The molecule has 0 amide bonds. The quantitative estimate of drug-likeness (QED) is 0.655. The van der Waals surface area contributed by atoms with E-state index in [0.29, 0.717) is 0 Å². The van der Waals surface area contributed by atoms with E-state index < -0.39 is 0 Å². The first-order valence-electron chi connectivity index (χ1n) is 7.10. The Morgan fingerprint density at radius 3 is 2.56 bits per heavy atom. The Labute approximate surface area is 111 Å². The minimum atomic E-state index is -0.355. The lowest BCUT2D eigenvalue weighted by Crippen LogP contribution is -1.98. The predicted octanol–water partition coefficient (Wildman–Crippen LogP) is 4.48. The molecule has 0 saturated heterocycles. The highest BCUT2D eigenvalue weighted by molar-refractivity contribution is 5.29. The fourth-order valence-corrected chi connectivity index (χ4v) is 2.13. The van der Waals surface area contributed by atoms with E-state index in [2.05, 4.69) is 6.92 Å². The topological polar surface area (TPSA) is 29.5 Å². The zero-order valence-electron chi connectivity index (χ0n) is 11.7. The fourth-order valence-electron chi connectivity index (χ4n) is 2.13. The SMILES string of the molecule is CCCCCCCCC(O)c1cccc(OC)c1. The summed E-state index contributed by atoms with van der Waals surface area (Å²) in [5, 5.41) is 10.1. The second-order valence-electron chi connectivity index (χ2n) is 4.85. The molecule has 0 aliphatic heterocycles. The molecule has 1 aromatic rings. The van der Waals surface area contributed by atoms with Gasteiger partial charge in [0.15, 0.2) is 0 Å². The van der Waals surface area contributed by atoms with Crippen molar-refractivity contribution in [3.63, 3.8) is 0 Å². The lowest BCUT2D eigenvalue weighted by Gasteiger charge is -2.12. The molecule has 0 radical (unpaired) electrons. The highest BCUT2D eigenvalue weighted by Crippen LogP contribution is 2.23. The summed E-state index contributed by atoms with van der Waals surface area (Å²) in [6.45, 7) is 2.23. The minimum Gasteiger partial charge on any atom is -0.497 e. The van der Waals surface area contributed by atoms with Crippen LogP contribution < -0.4 is 4.74 Å². The number of benzene rings is 1. The van der Waals surface area contributed by atoms with Gasteiger partial charge in [-0.2, -0.15) is 0 Å². The van der Waals surface area contributed by atoms with Crippen LogP contribution in [-0.2, 0) is 0 Å². The maximum absolute atomic E-state index is 10.1. The number of rotatable bonds is 9. The third-order valence-corrected chi connectivity index (χ3v) is 3.31. The molecule has 1 N–H and O–H groups in total. The zero-order chi connectivity index (χ0) is 13.2. The summed E-state index contributed by atoms with van der Waals surface area (Å²) in [5.41, 5.74) is 0.961. The van der Waals surface area contributed by atoms with Crippen LogP contribution in [0.25, 0.3) is 0 Å². The van der Waals surface area contributed by atoms with Crippen molar-refractivity contribution in [2.45, 2.75) is 58.0 Å². The molecule has 2 heteroatoms. The molecule has 0 saturated carbocycles. The minimum absolute atomic E-state index is 0.355. The molecule has 0 aromatic heterocycles. The van der Waals surface area contributed by atoms with Crippen molar-refractivity contribution in [3.8, 4) is 5.75 Å². The van der Waals surface area contributed by atoms with Crippen molar-refractivity contribution in [2.24, 2.45) is 0 Å². The number of hydrogen-bond donors (Lipinski definition) is 1. The molecule has 1 rings (SSSR count). The summed E-state index contributed by atoms with van der Waals surface area (Å²) >= 11 is 0. The van der Waals surface area contributed by atoms with E-state index in [1.807, 2.05) is 24.3 Å². The van der Waals surface area contributed by atoms with Gasteiger partial charge in [0.05, 0.1) is 13.2 Å². The molecule has 0 bridgehead atoms. The van der Waals surface area contributed by atoms with Gasteiger partial charge in [0, 0.05) is 0 Å². The molecule has 0 spiro atoms. The van der Waals surface area contributed by atoms with E-state index in [1.54, 1.807) is 7.11 Å². The average molecular weight is 250 g/mol. The van der Waals surface area contributed by atoms with E-state index in [-0.39, 0.29) is 6.10 Å². The van der Waals surface area contributed by atoms with Crippen molar-refractivity contribution < 1.29 is 9.84 Å². The summed E-state index contributed by atoms with van der Waals surface area (Å²) in [7, 11) is 1.65. The number of aliphatic hydroxyl groups is 1. The van der Waals surface area contributed by atoms with Crippen LogP contribution in [0.1, 0.15) is 63.5 Å². The lowest BCUT2D eigenvalue weighted by molar-refractivity contribution is 0.163. The largest absolute Gasteiger partial charge is 0.497 e. The Hall–Kier alpha value is -1.02. The number of unbranched alkanes of at least 4 members (excludes halogenated alkanes) is 5. The molecular formula is C16H26O2. The summed E-state index contributed by atoms with van der Waals surface area (Å²) in [6, 6.07) is 7.71. The van der Waals surface area contributed by atoms with Gasteiger partial charge in [0.2, 0.25) is 0 Å². The van der Waals surface area contributed by atoms with Gasteiger partial charge < -0.3 is 9.84 Å². The Balaban J connectivity index is 2.25. The molecule has 1 unspecified atom stereocenters. The number of methoxy groups -OCH3 is 1. The van der Waals surface area contributed by atoms with Crippen LogP contribution in [-0.4, -0.2) is 12.2 Å². The highest BCUT2D eigenvalue weighted by atomic mass is 16.5. The van der Waals surface area contributed by atoms with Crippen LogP contribution in [0.2, 0.25) is 0 Å². The molecular weight excluding hydrogens is 224 g/mol. The predicted molar refractivity (Wildman–Crippen MR) is 75.9 cm³/mol. The first-order chi connectivity index (χ1) is 8.77. The molecule has 0 fully saturated rings. The Morgan fingerprint density at radius 2 is 1.83 bits per heavy atom. The first-order valence-corrected chi connectivity index (χ1v) is 7.10. The number of aliphatic hydroxyl groups excluding tert-OH is 1. The van der Waals surface area contributed by atoms with E-state index in [4.69, 9.17) is 4.74 Å². The van der Waals surface area contributed by atoms with Crippen LogP contribution in [0.4, 0.5) is 0 Å². The second-order valence-corrected chi connectivity index (χ2v) is 4.85. The normalized spacial score (nSPS) is 12.4. The van der Waals surface area contributed by atoms with E-state index in [0.717, 1.165) is 24.2 Å². The summed E-state index contributed by atoms with van der Waals surface area (Å²) in [5.74, 6) is 0.814. The summed E-state index contributed by atoms with van der Waals surface area (Å²) < 4.78 is 5.16. The maximum Gasteiger partial charge on any atom is 0.119 e. The molecule has 0 heterocycles. The molecule has 1 atom stereocenters. The molecule has 0 aliphatic carbocycles. The van der Waals surface area contributed by atoms with Gasteiger partial charge in [0.25, 0.3) is 0 Å². The number of hydrogen-bond acceptors (Lipinski definition) is 2. The van der Waals surface area contributed by atoms with Crippen molar-refractivity contribution >= 4 is 0 Å². The second kappa shape index (κ2) is 8.98. The maximum atomic E-state index is 10.1. The monoisotopic (exact) mass is 250 g/mol. The van der Waals surface area contributed by atoms with Crippen LogP contribution in [0.15, 0.2) is 24.3 Å². The summed E-state index contributed by atoms with van der Waals surface area (Å²) in [4.78, 5) is 0. The van der Waals surface area contributed by atoms with Gasteiger partial charge in [-0.25, -0.2) is 0 Å². The molecule has 1 aromatic carbocycles. The third kappa shape index (κ3) is 5.54. The van der Waals surface area contributed by atoms with Gasteiger partial charge in [0.1, 0.15) is 5.75 Å². The fraction of sp³-hybridized carbons (Fsp3) is 0.625. The van der Waals surface area contributed by atoms with E-state index in [9.17, 15) is 5.11 Å². The van der Waals surface area contributed by atoms with Crippen molar-refractivity contribution in [2.75, 3.05) is 7.11 Å². The molecule has 102 valence electrons. The Bertz CT molecular complexity index is 323. The first kappa shape index (κ1) is 15.0. The smallest absolute Gasteiger partial charge is 0.119 e. The van der Waals surface area contributed by atoms with Crippen molar-refractivity contribution in [1.82, 2.24) is 0 Å². The highest BCUT2D eigenvalue weighted by Gasteiger charge is 2.07. The number of ether oxygens (including phenoxy) is 1. The van der Waals surface area contributed by atoms with Gasteiger partial charge in [-0.05, 0) is 24.1 Å². The van der Waals surface area contributed by atoms with E-state index >= 15 is 0 Å². The van der Waals surface area contributed by atoms with Gasteiger partial charge >= 0.3 is 0 Å². The van der Waals surface area contributed by atoms with E-state index in [1.165, 1.54) is 32.1 Å². The van der Waals surface area contributed by atoms with Crippen LogP contribution in [0.5, 0.6) is 5.75 Å². The van der Waals surface area contributed by atoms with Gasteiger partial charge in [-0.3, -0.25) is 0 Å². The third-order valence-electron chi connectivity index (χ3n) is 3.31. The standard InChI is InChI=1S/C16H26O2/c1-3-4-5-6-7-8-12-16(17)14-10-9-11-15(13-14)18-2/h9-11,13,16-17H,3-8,12H2,1-2H3. The Morgan fingerprint density at radius 1 is 1.11 bits per heavy atom. The Kier molecular flexibility index (Phi) is 7.51.